The molecule has 3 rings (SSSR count). The molecule has 2 aliphatic rings. The Morgan fingerprint density at radius 1 is 1.24 bits per heavy atom. The van der Waals surface area contributed by atoms with Crippen LogP contribution in [-0.2, 0) is 6.54 Å². The van der Waals surface area contributed by atoms with E-state index in [2.05, 4.69) is 10.00 Å². The number of carbonyl (C=O) groups is 1. The predicted molar refractivity (Wildman–Crippen MR) is 80.2 cm³/mol. The summed E-state index contributed by atoms with van der Waals surface area (Å²) in [5.74, 6) is 0.00857. The van der Waals surface area contributed by atoms with Gasteiger partial charge in [0.15, 0.2) is 0 Å². The van der Waals surface area contributed by atoms with E-state index in [1.807, 2.05) is 6.92 Å². The van der Waals surface area contributed by atoms with E-state index < -0.39 is 0 Å². The first-order valence-corrected chi connectivity index (χ1v) is 8.11. The first-order chi connectivity index (χ1) is 10.2. The molecule has 0 N–H and O–H groups in total. The Balaban J connectivity index is 1.85. The van der Waals surface area contributed by atoms with Crippen molar-refractivity contribution >= 4 is 5.91 Å². The smallest absolute Gasteiger partial charge is 0.274 e. The predicted octanol–water partition coefficient (Wildman–Crippen LogP) is 2.20. The van der Waals surface area contributed by atoms with Crippen molar-refractivity contribution in [2.45, 2.75) is 70.5 Å². The lowest BCUT2D eigenvalue weighted by molar-refractivity contribution is 0.0655. The number of carbonyl (C=O) groups excluding carboxylic acids is 1. The molecule has 0 aromatic carbocycles. The summed E-state index contributed by atoms with van der Waals surface area (Å²) in [5.41, 5.74) is 0.286. The van der Waals surface area contributed by atoms with E-state index >= 15 is 0 Å². The van der Waals surface area contributed by atoms with E-state index in [0.717, 1.165) is 32.1 Å². The zero-order valence-electron chi connectivity index (χ0n) is 12.6. The Labute approximate surface area is 124 Å². The second-order valence-electron chi connectivity index (χ2n) is 6.16. The van der Waals surface area contributed by atoms with Gasteiger partial charge in [-0.05, 0) is 38.2 Å². The summed E-state index contributed by atoms with van der Waals surface area (Å²) in [5, 5.41) is 4.28. The average Bonchev–Trinajstić information content (AvgIpc) is 3.16. The fourth-order valence-corrected chi connectivity index (χ4v) is 3.23. The van der Waals surface area contributed by atoms with Crippen LogP contribution in [0, 0.1) is 0 Å². The molecule has 5 nitrogen and oxygen atoms in total. The van der Waals surface area contributed by atoms with E-state index in [1.54, 1.807) is 6.07 Å². The van der Waals surface area contributed by atoms with Crippen LogP contribution in [0.5, 0.6) is 0 Å². The molecule has 2 saturated carbocycles. The summed E-state index contributed by atoms with van der Waals surface area (Å²) in [6.07, 6.45) is 7.69. The summed E-state index contributed by atoms with van der Waals surface area (Å²) in [6, 6.07) is 3.82. The van der Waals surface area contributed by atoms with Gasteiger partial charge < -0.3 is 4.90 Å². The van der Waals surface area contributed by atoms with Gasteiger partial charge in [0.25, 0.3) is 11.5 Å². The summed E-state index contributed by atoms with van der Waals surface area (Å²) in [6.45, 7) is 2.56. The molecule has 2 fully saturated rings. The lowest BCUT2D eigenvalue weighted by Crippen LogP contribution is -2.41. The third kappa shape index (κ3) is 3.01. The molecule has 21 heavy (non-hydrogen) atoms. The van der Waals surface area contributed by atoms with Crippen LogP contribution < -0.4 is 5.56 Å². The largest absolute Gasteiger partial charge is 0.331 e. The van der Waals surface area contributed by atoms with Crippen molar-refractivity contribution in [2.24, 2.45) is 0 Å². The topological polar surface area (TPSA) is 55.2 Å². The molecule has 114 valence electrons. The van der Waals surface area contributed by atoms with E-state index in [0.29, 0.717) is 24.3 Å². The highest BCUT2D eigenvalue weighted by Gasteiger charge is 2.39. The maximum absolute atomic E-state index is 12.8. The van der Waals surface area contributed by atoms with Crippen molar-refractivity contribution < 1.29 is 4.79 Å². The summed E-state index contributed by atoms with van der Waals surface area (Å²) >= 11 is 0. The van der Waals surface area contributed by atoms with Crippen LogP contribution >= 0.6 is 0 Å². The van der Waals surface area contributed by atoms with Crippen molar-refractivity contribution in [1.82, 2.24) is 14.7 Å². The molecular formula is C16H23N3O2. The van der Waals surface area contributed by atoms with Gasteiger partial charge in [0.05, 0.1) is 0 Å². The number of aryl methyl sites for hydroxylation is 1. The van der Waals surface area contributed by atoms with Gasteiger partial charge >= 0.3 is 0 Å². The van der Waals surface area contributed by atoms with Crippen LogP contribution in [0.4, 0.5) is 0 Å². The summed E-state index contributed by atoms with van der Waals surface area (Å²) < 4.78 is 1.41. The van der Waals surface area contributed by atoms with Crippen LogP contribution in [0.25, 0.3) is 0 Å². The summed E-state index contributed by atoms with van der Waals surface area (Å²) in [4.78, 5) is 26.6. The van der Waals surface area contributed by atoms with Gasteiger partial charge in [-0.25, -0.2) is 4.68 Å². The van der Waals surface area contributed by atoms with Gasteiger partial charge in [0, 0.05) is 24.7 Å². The third-order valence-corrected chi connectivity index (χ3v) is 4.41. The van der Waals surface area contributed by atoms with Crippen molar-refractivity contribution in [3.63, 3.8) is 0 Å². The van der Waals surface area contributed by atoms with Crippen molar-refractivity contribution in [3.8, 4) is 0 Å². The Morgan fingerprint density at radius 3 is 2.52 bits per heavy atom. The number of nitrogens with zero attached hydrogens (tertiary/aromatic N) is 3. The number of amides is 1. The molecule has 5 heteroatoms. The maximum Gasteiger partial charge on any atom is 0.274 e. The standard InChI is InChI=1S/C16H23N3O2/c1-2-11-18-15(20)10-9-14(17-18)16(21)19(13-7-8-13)12-5-3-4-6-12/h9-10,12-13H,2-8,11H2,1H3. The zero-order chi connectivity index (χ0) is 14.8. The van der Waals surface area contributed by atoms with E-state index in [-0.39, 0.29) is 11.5 Å². The van der Waals surface area contributed by atoms with E-state index in [9.17, 15) is 9.59 Å². The van der Waals surface area contributed by atoms with E-state index in [1.165, 1.54) is 23.6 Å². The van der Waals surface area contributed by atoms with Crippen LogP contribution in [0.3, 0.4) is 0 Å². The Hall–Kier alpha value is -1.65. The average molecular weight is 289 g/mol. The zero-order valence-corrected chi connectivity index (χ0v) is 12.6. The Morgan fingerprint density at radius 2 is 1.90 bits per heavy atom. The first-order valence-electron chi connectivity index (χ1n) is 8.11. The molecule has 2 aliphatic carbocycles. The molecule has 0 aliphatic heterocycles. The van der Waals surface area contributed by atoms with Crippen molar-refractivity contribution in [1.29, 1.82) is 0 Å². The SMILES string of the molecule is CCCn1nc(C(=O)N(C2CCCC2)C2CC2)ccc1=O. The van der Waals surface area contributed by atoms with Gasteiger partial charge in [0.1, 0.15) is 5.69 Å². The third-order valence-electron chi connectivity index (χ3n) is 4.41. The van der Waals surface area contributed by atoms with Gasteiger partial charge in [0.2, 0.25) is 0 Å². The highest BCUT2D eigenvalue weighted by Crippen LogP contribution is 2.35. The fraction of sp³-hybridized carbons (Fsp3) is 0.688. The van der Waals surface area contributed by atoms with Gasteiger partial charge in [-0.1, -0.05) is 19.8 Å². The number of hydrogen-bond acceptors (Lipinski definition) is 3. The molecule has 0 unspecified atom stereocenters. The molecule has 0 atom stereocenters. The lowest BCUT2D eigenvalue weighted by Gasteiger charge is -2.28. The molecule has 0 saturated heterocycles. The van der Waals surface area contributed by atoms with Crippen LogP contribution in [0.2, 0.25) is 0 Å². The molecule has 0 radical (unpaired) electrons. The second kappa shape index (κ2) is 6.00. The molecular weight excluding hydrogens is 266 g/mol. The van der Waals surface area contributed by atoms with Crippen molar-refractivity contribution in [2.75, 3.05) is 0 Å². The minimum atomic E-state index is -0.132. The minimum Gasteiger partial charge on any atom is -0.331 e. The molecule has 0 bridgehead atoms. The molecule has 1 heterocycles. The van der Waals surface area contributed by atoms with Gasteiger partial charge in [-0.3, -0.25) is 9.59 Å². The monoisotopic (exact) mass is 289 g/mol. The Bertz CT molecular complexity index is 571. The van der Waals surface area contributed by atoms with Crippen LogP contribution in [0.1, 0.15) is 62.4 Å². The lowest BCUT2D eigenvalue weighted by atomic mass is 10.2. The highest BCUT2D eigenvalue weighted by atomic mass is 16.2. The van der Waals surface area contributed by atoms with Gasteiger partial charge in [-0.2, -0.15) is 5.10 Å². The normalized spacial score (nSPS) is 18.9. The number of hydrogen-bond donors (Lipinski definition) is 0. The summed E-state index contributed by atoms with van der Waals surface area (Å²) in [7, 11) is 0. The number of aromatic nitrogens is 2. The fourth-order valence-electron chi connectivity index (χ4n) is 3.23. The van der Waals surface area contributed by atoms with Crippen LogP contribution in [0.15, 0.2) is 16.9 Å². The highest BCUT2D eigenvalue weighted by molar-refractivity contribution is 5.92. The molecule has 1 aromatic heterocycles. The number of rotatable bonds is 5. The quantitative estimate of drug-likeness (QED) is 0.835. The van der Waals surface area contributed by atoms with Gasteiger partial charge in [-0.15, -0.1) is 0 Å². The Kier molecular flexibility index (Phi) is 4.08. The van der Waals surface area contributed by atoms with Crippen molar-refractivity contribution in [3.05, 3.63) is 28.2 Å². The molecule has 0 spiro atoms. The second-order valence-corrected chi connectivity index (χ2v) is 6.16. The van der Waals surface area contributed by atoms with Crippen LogP contribution in [-0.4, -0.2) is 32.7 Å². The minimum absolute atomic E-state index is 0.00857. The molecule has 1 amide bonds. The molecule has 1 aromatic rings. The first kappa shape index (κ1) is 14.3. The maximum atomic E-state index is 12.8. The van der Waals surface area contributed by atoms with E-state index in [4.69, 9.17) is 0 Å².